The van der Waals surface area contributed by atoms with Gasteiger partial charge in [0.2, 0.25) is 12.5 Å². The van der Waals surface area contributed by atoms with E-state index >= 15 is 0 Å². The Bertz CT molecular complexity index is 1610. The molecule has 0 N–H and O–H groups in total. The highest BCUT2D eigenvalue weighted by Crippen LogP contribution is 2.37. The highest BCUT2D eigenvalue weighted by molar-refractivity contribution is 5.97. The van der Waals surface area contributed by atoms with Crippen LogP contribution in [0.3, 0.4) is 0 Å². The number of rotatable bonds is 10. The first kappa shape index (κ1) is 30.8. The van der Waals surface area contributed by atoms with E-state index in [1.54, 1.807) is 4.90 Å². The molecule has 9 heteroatoms. The molecule has 2 fully saturated rings. The van der Waals surface area contributed by atoms with Crippen molar-refractivity contribution >= 4 is 28.2 Å². The molecule has 0 bridgehead atoms. The molecule has 9 nitrogen and oxygen atoms in total. The molecule has 1 aliphatic carbocycles. The van der Waals surface area contributed by atoms with E-state index in [2.05, 4.69) is 90.3 Å². The number of aryl methyl sites for hydroxylation is 1. The van der Waals surface area contributed by atoms with E-state index in [4.69, 9.17) is 21.3 Å². The molecule has 0 unspecified atom stereocenters. The Hall–Kier alpha value is -4.16. The summed E-state index contributed by atoms with van der Waals surface area (Å²) in [6, 6.07) is 13.9. The van der Waals surface area contributed by atoms with E-state index in [1.807, 2.05) is 0 Å². The van der Waals surface area contributed by atoms with E-state index < -0.39 is 0 Å². The fourth-order valence-corrected chi connectivity index (χ4v) is 7.03. The van der Waals surface area contributed by atoms with Gasteiger partial charge in [0.25, 0.3) is 0 Å². The molecule has 6 rings (SSSR count). The Kier molecular flexibility index (Phi) is 8.95. The average molecular weight is 608 g/mol. The molecule has 45 heavy (non-hydrogen) atoms. The summed E-state index contributed by atoms with van der Waals surface area (Å²) in [7, 11) is 2.18. The maximum Gasteiger partial charge on any atom is 0.318 e. The van der Waals surface area contributed by atoms with E-state index in [9.17, 15) is 4.79 Å². The molecule has 0 spiro atoms. The average Bonchev–Trinajstić information content (AvgIpc) is 3.91. The van der Waals surface area contributed by atoms with Crippen LogP contribution in [0.5, 0.6) is 6.01 Å². The molecule has 1 saturated heterocycles. The second-order valence-electron chi connectivity index (χ2n) is 13.0. The predicted octanol–water partition coefficient (Wildman–Crippen LogP) is 5.12. The Labute approximate surface area is 267 Å². The largest absolute Gasteiger partial charge is 0.462 e. The SMILES string of the molecule is [C-]#[N+]C[C@H]1CN(c2nc(OC[C@H](C)N(C)[C@H](C)C3CC3)nc3c2CCN(c2cccc4cccc(C)c24)C3)CCN1C(=O)C=C. The van der Waals surface area contributed by atoms with Crippen molar-refractivity contribution in [3.63, 3.8) is 0 Å². The number of hydrogen-bond acceptors (Lipinski definition) is 7. The van der Waals surface area contributed by atoms with Gasteiger partial charge in [0.15, 0.2) is 0 Å². The Balaban J connectivity index is 1.31. The smallest absolute Gasteiger partial charge is 0.318 e. The predicted molar refractivity (Wildman–Crippen MR) is 180 cm³/mol. The number of anilines is 2. The second kappa shape index (κ2) is 13.1. The summed E-state index contributed by atoms with van der Waals surface area (Å²) in [6.07, 6.45) is 4.76. The molecule has 2 aromatic carbocycles. The van der Waals surface area contributed by atoms with Crippen LogP contribution in [0.2, 0.25) is 0 Å². The van der Waals surface area contributed by atoms with Crippen molar-refractivity contribution in [1.29, 1.82) is 0 Å². The lowest BCUT2D eigenvalue weighted by atomic mass is 9.99. The number of likely N-dealkylation sites (N-methyl/N-ethyl adjacent to an activating group) is 1. The molecule has 3 aromatic rings. The molecule has 1 saturated carbocycles. The minimum absolute atomic E-state index is 0.128. The van der Waals surface area contributed by atoms with Gasteiger partial charge < -0.3 is 24.3 Å². The number of benzene rings is 2. The number of piperazine rings is 1. The molecule has 236 valence electrons. The molecular weight excluding hydrogens is 562 g/mol. The van der Waals surface area contributed by atoms with E-state index in [0.717, 1.165) is 36.0 Å². The van der Waals surface area contributed by atoms with Crippen LogP contribution in [-0.4, -0.2) is 90.2 Å². The number of carbonyl (C=O) groups excluding carboxylic acids is 1. The first-order valence-electron chi connectivity index (χ1n) is 16.3. The molecule has 3 atom stereocenters. The van der Waals surface area contributed by atoms with Crippen molar-refractivity contribution in [2.75, 3.05) is 56.2 Å². The van der Waals surface area contributed by atoms with Gasteiger partial charge in [0, 0.05) is 54.9 Å². The Morgan fingerprint density at radius 2 is 1.93 bits per heavy atom. The molecule has 2 aliphatic heterocycles. The van der Waals surface area contributed by atoms with Gasteiger partial charge >= 0.3 is 6.01 Å². The van der Waals surface area contributed by atoms with Gasteiger partial charge in [-0.05, 0) is 76.1 Å². The summed E-state index contributed by atoms with van der Waals surface area (Å²) >= 11 is 0. The minimum Gasteiger partial charge on any atom is -0.462 e. The molecular formula is C36H45N7O2. The van der Waals surface area contributed by atoms with Crippen molar-refractivity contribution in [1.82, 2.24) is 19.8 Å². The number of ether oxygens (including phenoxy) is 1. The van der Waals surface area contributed by atoms with Gasteiger partial charge in [-0.25, -0.2) is 6.57 Å². The number of hydrogen-bond donors (Lipinski definition) is 0. The van der Waals surface area contributed by atoms with Crippen molar-refractivity contribution < 1.29 is 9.53 Å². The van der Waals surface area contributed by atoms with Gasteiger partial charge in [-0.1, -0.05) is 36.9 Å². The standard InChI is InChI=1S/C36H45N7O2/c1-7-33(44)43-19-18-42(21-29(43)20-37-5)35-30-16-17-41(32-13-9-12-28-11-8-10-24(2)34(28)32)22-31(30)38-36(39-35)45-23-25(3)40(6)26(4)27-14-15-27/h7-13,25-27,29H,1,14-23H2,2-4,6H3/t25-,26+,29-/m0/s1. The van der Waals surface area contributed by atoms with Gasteiger partial charge in [-0.15, -0.1) is 0 Å². The lowest BCUT2D eigenvalue weighted by Crippen LogP contribution is -2.56. The monoisotopic (exact) mass is 607 g/mol. The third-order valence-electron chi connectivity index (χ3n) is 10.1. The summed E-state index contributed by atoms with van der Waals surface area (Å²) < 4.78 is 6.38. The molecule has 0 radical (unpaired) electrons. The number of nitrogens with zero attached hydrogens (tertiary/aromatic N) is 7. The molecule has 1 aromatic heterocycles. The summed E-state index contributed by atoms with van der Waals surface area (Å²) in [6.45, 7) is 21.8. The van der Waals surface area contributed by atoms with E-state index in [1.165, 1.54) is 40.9 Å². The molecule has 1 amide bonds. The molecule has 3 heterocycles. The van der Waals surface area contributed by atoms with Crippen molar-refractivity contribution in [3.8, 4) is 6.01 Å². The summed E-state index contributed by atoms with van der Waals surface area (Å²) in [5.74, 6) is 1.52. The first-order valence-corrected chi connectivity index (χ1v) is 16.3. The lowest BCUT2D eigenvalue weighted by molar-refractivity contribution is -0.128. The maximum absolute atomic E-state index is 12.6. The first-order chi connectivity index (χ1) is 21.8. The number of amides is 1. The van der Waals surface area contributed by atoms with Crippen molar-refractivity contribution in [3.05, 3.63) is 77.3 Å². The second-order valence-corrected chi connectivity index (χ2v) is 13.0. The van der Waals surface area contributed by atoms with Gasteiger partial charge in [0.1, 0.15) is 18.5 Å². The van der Waals surface area contributed by atoms with Crippen LogP contribution in [0.4, 0.5) is 11.5 Å². The number of carbonyl (C=O) groups is 1. The van der Waals surface area contributed by atoms with Crippen LogP contribution in [0.15, 0.2) is 49.1 Å². The normalized spacial score (nSPS) is 19.6. The molecule has 3 aliphatic rings. The number of fused-ring (bicyclic) bond motifs is 2. The fourth-order valence-electron chi connectivity index (χ4n) is 7.03. The third kappa shape index (κ3) is 6.34. The van der Waals surface area contributed by atoms with Crippen LogP contribution < -0.4 is 14.5 Å². The summed E-state index contributed by atoms with van der Waals surface area (Å²) in [5, 5.41) is 2.52. The van der Waals surface area contributed by atoms with Gasteiger partial charge in [-0.2, -0.15) is 9.97 Å². The van der Waals surface area contributed by atoms with Crippen molar-refractivity contribution in [2.24, 2.45) is 5.92 Å². The highest BCUT2D eigenvalue weighted by Gasteiger charge is 2.35. The maximum atomic E-state index is 12.6. The van der Waals surface area contributed by atoms with Crippen molar-refractivity contribution in [2.45, 2.75) is 64.7 Å². The quantitative estimate of drug-likeness (QED) is 0.234. The van der Waals surface area contributed by atoms with Crippen LogP contribution >= 0.6 is 0 Å². The van der Waals surface area contributed by atoms with E-state index in [-0.39, 0.29) is 24.5 Å². The topological polar surface area (TPSA) is 69.4 Å². The number of aromatic nitrogens is 2. The highest BCUT2D eigenvalue weighted by atomic mass is 16.5. The van der Waals surface area contributed by atoms with Crippen LogP contribution in [0.25, 0.3) is 15.6 Å². The fraction of sp³-hybridized carbons (Fsp3) is 0.500. The zero-order chi connectivity index (χ0) is 31.7. The van der Waals surface area contributed by atoms with Gasteiger partial charge in [0.05, 0.1) is 12.2 Å². The minimum atomic E-state index is -0.229. The van der Waals surface area contributed by atoms with Crippen LogP contribution in [0.1, 0.15) is 43.5 Å². The summed E-state index contributed by atoms with van der Waals surface area (Å²) in [4.78, 5) is 35.2. The zero-order valence-electron chi connectivity index (χ0n) is 27.1. The lowest BCUT2D eigenvalue weighted by Gasteiger charge is -2.41. The summed E-state index contributed by atoms with van der Waals surface area (Å²) in [5.41, 5.74) is 4.59. The third-order valence-corrected chi connectivity index (χ3v) is 10.1. The van der Waals surface area contributed by atoms with Crippen LogP contribution in [-0.2, 0) is 17.8 Å². The Morgan fingerprint density at radius 1 is 1.16 bits per heavy atom. The zero-order valence-corrected chi connectivity index (χ0v) is 27.1. The Morgan fingerprint density at radius 3 is 2.67 bits per heavy atom. The van der Waals surface area contributed by atoms with Crippen LogP contribution in [0, 0.1) is 19.4 Å². The van der Waals surface area contributed by atoms with Gasteiger partial charge in [-0.3, -0.25) is 9.69 Å². The van der Waals surface area contributed by atoms with E-state index in [0.29, 0.717) is 44.8 Å².